The number of nitrogens with one attached hydrogen (secondary N) is 1. The third kappa shape index (κ3) is 4.12. The number of nitrogens with zero attached hydrogens (tertiary/aromatic N) is 1. The number of carbonyl (C=O) groups is 1. The molecule has 126 valence electrons. The van der Waals surface area contributed by atoms with Crippen molar-refractivity contribution in [3.05, 3.63) is 35.9 Å². The van der Waals surface area contributed by atoms with Gasteiger partial charge in [0.05, 0.1) is 0 Å². The molecule has 0 spiro atoms. The van der Waals surface area contributed by atoms with Gasteiger partial charge in [-0.05, 0) is 44.1 Å². The maximum Gasteiger partial charge on any atom is 0.255 e. The van der Waals surface area contributed by atoms with Crippen LogP contribution in [0.1, 0.15) is 44.1 Å². The summed E-state index contributed by atoms with van der Waals surface area (Å²) < 4.78 is 0. The number of rotatable bonds is 7. The van der Waals surface area contributed by atoms with Crippen molar-refractivity contribution in [3.8, 4) is 0 Å². The van der Waals surface area contributed by atoms with Crippen molar-refractivity contribution < 1.29 is 9.90 Å². The molecular formula is C19H28N2O2. The number of hydrogen-bond donors (Lipinski definition) is 2. The molecule has 0 bridgehead atoms. The minimum absolute atomic E-state index is 0.0800. The average Bonchev–Trinajstić information content (AvgIpc) is 2.51. The summed E-state index contributed by atoms with van der Waals surface area (Å²) >= 11 is 0. The van der Waals surface area contributed by atoms with Gasteiger partial charge < -0.3 is 15.3 Å². The Bertz CT molecular complexity index is 515. The van der Waals surface area contributed by atoms with Gasteiger partial charge in [0.2, 0.25) is 0 Å². The number of likely N-dealkylation sites (tertiary alicyclic amines) is 1. The summed E-state index contributed by atoms with van der Waals surface area (Å²) in [4.78, 5) is 14.5. The Morgan fingerprint density at radius 2 is 2.00 bits per heavy atom. The zero-order valence-corrected chi connectivity index (χ0v) is 13.8. The first-order chi connectivity index (χ1) is 11.2. The van der Waals surface area contributed by atoms with Crippen LogP contribution in [-0.4, -0.2) is 47.2 Å². The maximum absolute atomic E-state index is 12.6. The molecule has 1 saturated carbocycles. The molecule has 2 N–H and O–H groups in total. The number of benzene rings is 1. The van der Waals surface area contributed by atoms with Crippen molar-refractivity contribution in [2.75, 3.05) is 19.6 Å². The number of carbonyl (C=O) groups excluding carboxylic acids is 1. The lowest BCUT2D eigenvalue weighted by Crippen LogP contribution is -2.59. The van der Waals surface area contributed by atoms with Crippen LogP contribution >= 0.6 is 0 Å². The van der Waals surface area contributed by atoms with Crippen molar-refractivity contribution in [2.24, 2.45) is 0 Å². The molecule has 0 aromatic heterocycles. The largest absolute Gasteiger partial charge is 0.379 e. The fraction of sp³-hybridized carbons (Fsp3) is 0.632. The van der Waals surface area contributed by atoms with Crippen LogP contribution in [-0.2, 0) is 11.2 Å². The van der Waals surface area contributed by atoms with Gasteiger partial charge in [-0.2, -0.15) is 0 Å². The normalized spacial score (nSPS) is 25.4. The minimum Gasteiger partial charge on any atom is -0.379 e. The van der Waals surface area contributed by atoms with E-state index >= 15 is 0 Å². The van der Waals surface area contributed by atoms with Gasteiger partial charge in [-0.1, -0.05) is 36.8 Å². The molecule has 1 aliphatic heterocycles. The lowest BCUT2D eigenvalue weighted by atomic mass is 9.88. The zero-order valence-electron chi connectivity index (χ0n) is 13.8. The molecule has 1 atom stereocenters. The molecule has 23 heavy (non-hydrogen) atoms. The number of piperidine rings is 1. The Morgan fingerprint density at radius 1 is 1.22 bits per heavy atom. The van der Waals surface area contributed by atoms with Crippen LogP contribution in [0.2, 0.25) is 0 Å². The van der Waals surface area contributed by atoms with Gasteiger partial charge >= 0.3 is 0 Å². The summed E-state index contributed by atoms with van der Waals surface area (Å²) in [5.74, 6) is -0.0800. The summed E-state index contributed by atoms with van der Waals surface area (Å²) in [6.07, 6.45) is 7.00. The predicted octanol–water partition coefficient (Wildman–Crippen LogP) is 2.11. The van der Waals surface area contributed by atoms with Crippen LogP contribution in [0.4, 0.5) is 0 Å². The van der Waals surface area contributed by atoms with Gasteiger partial charge in [-0.3, -0.25) is 4.79 Å². The van der Waals surface area contributed by atoms with E-state index in [1.165, 1.54) is 24.8 Å². The topological polar surface area (TPSA) is 52.6 Å². The predicted molar refractivity (Wildman–Crippen MR) is 91.2 cm³/mol. The molecule has 3 rings (SSSR count). The molecule has 0 unspecified atom stereocenters. The fourth-order valence-electron chi connectivity index (χ4n) is 3.49. The molecular weight excluding hydrogens is 288 g/mol. The van der Waals surface area contributed by atoms with E-state index in [0.29, 0.717) is 19.0 Å². The first-order valence-corrected chi connectivity index (χ1v) is 8.96. The zero-order chi connectivity index (χ0) is 16.1. The van der Waals surface area contributed by atoms with Crippen LogP contribution < -0.4 is 5.32 Å². The molecule has 1 saturated heterocycles. The van der Waals surface area contributed by atoms with E-state index in [1.54, 1.807) is 0 Å². The maximum atomic E-state index is 12.6. The number of amides is 1. The summed E-state index contributed by atoms with van der Waals surface area (Å²) in [6, 6.07) is 10.9. The van der Waals surface area contributed by atoms with Crippen molar-refractivity contribution >= 4 is 5.91 Å². The van der Waals surface area contributed by atoms with Gasteiger partial charge in [-0.25, -0.2) is 0 Å². The van der Waals surface area contributed by atoms with Crippen LogP contribution in [0.25, 0.3) is 0 Å². The van der Waals surface area contributed by atoms with E-state index in [4.69, 9.17) is 0 Å². The third-order valence-corrected chi connectivity index (χ3v) is 5.23. The van der Waals surface area contributed by atoms with Gasteiger partial charge in [0.15, 0.2) is 5.60 Å². The molecule has 2 fully saturated rings. The van der Waals surface area contributed by atoms with E-state index in [0.717, 1.165) is 32.4 Å². The highest BCUT2D eigenvalue weighted by molar-refractivity contribution is 5.86. The second kappa shape index (κ2) is 7.45. The highest BCUT2D eigenvalue weighted by Gasteiger charge is 2.42. The monoisotopic (exact) mass is 316 g/mol. The van der Waals surface area contributed by atoms with Crippen LogP contribution in [0.3, 0.4) is 0 Å². The molecule has 1 amide bonds. The lowest BCUT2D eigenvalue weighted by molar-refractivity contribution is -0.156. The van der Waals surface area contributed by atoms with E-state index in [9.17, 15) is 9.90 Å². The molecule has 2 aliphatic rings. The van der Waals surface area contributed by atoms with Crippen molar-refractivity contribution in [2.45, 2.75) is 56.6 Å². The first kappa shape index (κ1) is 16.5. The first-order valence-electron chi connectivity index (χ1n) is 8.96. The van der Waals surface area contributed by atoms with E-state index < -0.39 is 5.60 Å². The van der Waals surface area contributed by atoms with Crippen LogP contribution in [0.5, 0.6) is 0 Å². The standard InChI is InChI=1S/C19H28N2O2/c22-18-19(23,15-20-17-10-4-11-17)12-6-14-21(18)13-5-9-16-7-2-1-3-8-16/h1-3,7-8,17,20,23H,4-6,9-15H2/t19-/m1/s1. The van der Waals surface area contributed by atoms with Crippen molar-refractivity contribution in [1.29, 1.82) is 0 Å². The van der Waals surface area contributed by atoms with Crippen LogP contribution in [0, 0.1) is 0 Å². The molecule has 0 radical (unpaired) electrons. The minimum atomic E-state index is -1.19. The molecule has 4 nitrogen and oxygen atoms in total. The second-order valence-electron chi connectivity index (χ2n) is 7.03. The quantitative estimate of drug-likeness (QED) is 0.810. The Labute approximate surface area is 138 Å². The Hall–Kier alpha value is -1.39. The van der Waals surface area contributed by atoms with E-state index in [2.05, 4.69) is 17.4 Å². The number of aliphatic hydroxyl groups is 1. The third-order valence-electron chi connectivity index (χ3n) is 5.23. The van der Waals surface area contributed by atoms with Gasteiger partial charge in [0.25, 0.3) is 5.91 Å². The second-order valence-corrected chi connectivity index (χ2v) is 7.03. The van der Waals surface area contributed by atoms with Crippen molar-refractivity contribution in [1.82, 2.24) is 10.2 Å². The van der Waals surface area contributed by atoms with E-state index in [1.807, 2.05) is 23.1 Å². The molecule has 1 aromatic rings. The highest BCUT2D eigenvalue weighted by Crippen LogP contribution is 2.25. The summed E-state index contributed by atoms with van der Waals surface area (Å²) in [7, 11) is 0. The van der Waals surface area contributed by atoms with Gasteiger partial charge in [0, 0.05) is 25.7 Å². The Balaban J connectivity index is 1.48. The lowest BCUT2D eigenvalue weighted by Gasteiger charge is -2.40. The number of aryl methyl sites for hydroxylation is 1. The Morgan fingerprint density at radius 3 is 2.70 bits per heavy atom. The van der Waals surface area contributed by atoms with Crippen molar-refractivity contribution in [3.63, 3.8) is 0 Å². The fourth-order valence-corrected chi connectivity index (χ4v) is 3.49. The molecule has 1 aliphatic carbocycles. The molecule has 4 heteroatoms. The smallest absolute Gasteiger partial charge is 0.255 e. The average molecular weight is 316 g/mol. The summed E-state index contributed by atoms with van der Waals surface area (Å²) in [6.45, 7) is 1.92. The molecule has 1 aromatic carbocycles. The van der Waals surface area contributed by atoms with Crippen LogP contribution in [0.15, 0.2) is 30.3 Å². The highest BCUT2D eigenvalue weighted by atomic mass is 16.3. The summed E-state index contributed by atoms with van der Waals surface area (Å²) in [5.41, 5.74) is 0.111. The molecule has 1 heterocycles. The Kier molecular flexibility index (Phi) is 5.34. The van der Waals surface area contributed by atoms with Gasteiger partial charge in [0.1, 0.15) is 0 Å². The number of hydrogen-bond acceptors (Lipinski definition) is 3. The van der Waals surface area contributed by atoms with E-state index in [-0.39, 0.29) is 5.91 Å². The van der Waals surface area contributed by atoms with Gasteiger partial charge in [-0.15, -0.1) is 0 Å². The SMILES string of the molecule is O=C1N(CCCc2ccccc2)CCC[C@@]1(O)CNC1CCC1. The summed E-state index contributed by atoms with van der Waals surface area (Å²) in [5, 5.41) is 14.1.